The molecule has 0 spiro atoms. The van der Waals surface area contributed by atoms with Crippen LogP contribution in [0.3, 0.4) is 0 Å². The molecule has 10 heteroatoms. The summed E-state index contributed by atoms with van der Waals surface area (Å²) in [4.78, 5) is 43.4. The van der Waals surface area contributed by atoms with E-state index < -0.39 is 0 Å². The zero-order valence-electron chi connectivity index (χ0n) is 22.4. The van der Waals surface area contributed by atoms with E-state index in [2.05, 4.69) is 46.5 Å². The Bertz CT molecular complexity index is 932. The first-order valence-electron chi connectivity index (χ1n) is 13.8. The van der Waals surface area contributed by atoms with Crippen molar-refractivity contribution in [1.29, 1.82) is 0 Å². The molecule has 3 aliphatic heterocycles. The molecule has 1 aromatic rings. The summed E-state index contributed by atoms with van der Waals surface area (Å²) in [6.07, 6.45) is 5.87. The van der Waals surface area contributed by atoms with E-state index in [-0.39, 0.29) is 41.6 Å². The highest BCUT2D eigenvalue weighted by atomic mass is 16.2. The van der Waals surface area contributed by atoms with E-state index in [9.17, 15) is 14.4 Å². The molecule has 0 radical (unpaired) electrons. The van der Waals surface area contributed by atoms with Crippen molar-refractivity contribution in [3.05, 3.63) is 5.82 Å². The summed E-state index contributed by atoms with van der Waals surface area (Å²) in [6, 6.07) is 0.252. The van der Waals surface area contributed by atoms with Crippen LogP contribution in [-0.4, -0.2) is 79.4 Å². The van der Waals surface area contributed by atoms with Crippen LogP contribution < -0.4 is 5.32 Å². The van der Waals surface area contributed by atoms with Gasteiger partial charge in [-0.1, -0.05) is 20.8 Å². The van der Waals surface area contributed by atoms with E-state index in [1.54, 1.807) is 4.68 Å². The number of piperidine rings is 2. The van der Waals surface area contributed by atoms with Crippen LogP contribution in [-0.2, 0) is 20.9 Å². The molecule has 3 saturated heterocycles. The summed E-state index contributed by atoms with van der Waals surface area (Å²) in [7, 11) is 0. The maximum absolute atomic E-state index is 13.5. The summed E-state index contributed by atoms with van der Waals surface area (Å²) in [5, 5.41) is 14.7. The Morgan fingerprint density at radius 1 is 1.14 bits per heavy atom. The number of likely N-dealkylation sites (tertiary alicyclic amines) is 1. The van der Waals surface area contributed by atoms with Gasteiger partial charge in [-0.25, -0.2) is 4.68 Å². The van der Waals surface area contributed by atoms with Crippen molar-refractivity contribution < 1.29 is 14.4 Å². The van der Waals surface area contributed by atoms with Crippen LogP contribution >= 0.6 is 0 Å². The molecule has 3 aliphatic rings. The Morgan fingerprint density at radius 2 is 1.94 bits per heavy atom. The predicted molar refractivity (Wildman–Crippen MR) is 134 cm³/mol. The van der Waals surface area contributed by atoms with Crippen LogP contribution in [0.2, 0.25) is 0 Å². The van der Waals surface area contributed by atoms with Gasteiger partial charge in [0.25, 0.3) is 0 Å². The maximum Gasteiger partial charge on any atom is 0.224 e. The minimum absolute atomic E-state index is 0.0905. The summed E-state index contributed by atoms with van der Waals surface area (Å²) in [5.41, 5.74) is 0. The topological polar surface area (TPSA) is 113 Å². The second-order valence-corrected chi connectivity index (χ2v) is 11.7. The SMILES string of the molecule is Cc1nnnn1CCC(=O)N1C[C@@H]2C[C@H](C1)[C@@H]1CCCC(=O)N[C@H](C(C)C)CC[C@@H](C)CC(=O)N1C2. The van der Waals surface area contributed by atoms with Gasteiger partial charge in [-0.3, -0.25) is 14.4 Å². The van der Waals surface area contributed by atoms with Crippen molar-refractivity contribution in [2.45, 2.75) is 97.7 Å². The molecule has 200 valence electrons. The lowest BCUT2D eigenvalue weighted by atomic mass is 9.77. The van der Waals surface area contributed by atoms with Gasteiger partial charge in [-0.15, -0.1) is 5.10 Å². The third kappa shape index (κ3) is 6.42. The lowest BCUT2D eigenvalue weighted by molar-refractivity contribution is -0.146. The molecule has 36 heavy (non-hydrogen) atoms. The number of aryl methyl sites for hydroxylation is 2. The van der Waals surface area contributed by atoms with Crippen molar-refractivity contribution >= 4 is 17.7 Å². The summed E-state index contributed by atoms with van der Waals surface area (Å²) >= 11 is 0. The van der Waals surface area contributed by atoms with E-state index >= 15 is 0 Å². The molecule has 0 unspecified atom stereocenters. The molecule has 3 fully saturated rings. The number of nitrogens with one attached hydrogen (secondary N) is 1. The Balaban J connectivity index is 1.43. The number of rotatable bonds is 4. The van der Waals surface area contributed by atoms with Crippen LogP contribution in [0.1, 0.15) is 78.0 Å². The van der Waals surface area contributed by atoms with Gasteiger partial charge in [0.15, 0.2) is 0 Å². The Morgan fingerprint density at radius 3 is 2.67 bits per heavy atom. The number of hydrogen-bond acceptors (Lipinski definition) is 6. The molecule has 1 N–H and O–H groups in total. The van der Waals surface area contributed by atoms with E-state index in [1.165, 1.54) is 0 Å². The van der Waals surface area contributed by atoms with Crippen LogP contribution in [0, 0.1) is 30.6 Å². The van der Waals surface area contributed by atoms with Crippen LogP contribution in [0.15, 0.2) is 0 Å². The Labute approximate surface area is 214 Å². The smallest absolute Gasteiger partial charge is 0.224 e. The molecule has 4 heterocycles. The third-order valence-corrected chi connectivity index (χ3v) is 8.44. The number of amides is 3. The fraction of sp³-hybridized carbons (Fsp3) is 0.846. The molecule has 1 aromatic heterocycles. The predicted octanol–water partition coefficient (Wildman–Crippen LogP) is 2.18. The normalized spacial score (nSPS) is 30.2. The van der Waals surface area contributed by atoms with Gasteiger partial charge < -0.3 is 15.1 Å². The van der Waals surface area contributed by atoms with Gasteiger partial charge in [-0.2, -0.15) is 0 Å². The molecule has 5 atom stereocenters. The van der Waals surface area contributed by atoms with Gasteiger partial charge in [0.05, 0.1) is 6.54 Å². The summed E-state index contributed by atoms with van der Waals surface area (Å²) in [6.45, 7) is 10.8. The third-order valence-electron chi connectivity index (χ3n) is 8.44. The number of aromatic nitrogens is 4. The van der Waals surface area contributed by atoms with Crippen molar-refractivity contribution in [3.63, 3.8) is 0 Å². The fourth-order valence-electron chi connectivity index (χ4n) is 6.33. The van der Waals surface area contributed by atoms with Crippen molar-refractivity contribution in [1.82, 2.24) is 35.3 Å². The van der Waals surface area contributed by atoms with Crippen molar-refractivity contribution in [2.24, 2.45) is 23.7 Å². The number of nitrogens with zero attached hydrogens (tertiary/aromatic N) is 6. The van der Waals surface area contributed by atoms with E-state index in [1.807, 2.05) is 11.8 Å². The number of tetrazole rings is 1. The lowest BCUT2D eigenvalue weighted by Gasteiger charge is -2.51. The van der Waals surface area contributed by atoms with E-state index in [0.29, 0.717) is 63.1 Å². The Hall–Kier alpha value is -2.52. The average Bonchev–Trinajstić information content (AvgIpc) is 3.25. The molecule has 0 aromatic carbocycles. The second kappa shape index (κ2) is 11.7. The zero-order chi connectivity index (χ0) is 25.8. The zero-order valence-corrected chi connectivity index (χ0v) is 22.4. The van der Waals surface area contributed by atoms with E-state index in [0.717, 1.165) is 32.1 Å². The number of carbonyl (C=O) groups is 3. The van der Waals surface area contributed by atoms with E-state index in [4.69, 9.17) is 0 Å². The van der Waals surface area contributed by atoms with Crippen LogP contribution in [0.5, 0.6) is 0 Å². The first-order chi connectivity index (χ1) is 17.2. The maximum atomic E-state index is 13.5. The Kier molecular flexibility index (Phi) is 8.62. The molecule has 10 nitrogen and oxygen atoms in total. The van der Waals surface area contributed by atoms with Gasteiger partial charge in [0.2, 0.25) is 17.7 Å². The van der Waals surface area contributed by atoms with Gasteiger partial charge in [0.1, 0.15) is 5.82 Å². The molecule has 4 rings (SSSR count). The minimum Gasteiger partial charge on any atom is -0.353 e. The molecule has 0 saturated carbocycles. The van der Waals surface area contributed by atoms with Crippen LogP contribution in [0.25, 0.3) is 0 Å². The average molecular weight is 502 g/mol. The molecule has 2 bridgehead atoms. The first-order valence-corrected chi connectivity index (χ1v) is 13.8. The molecular formula is C26H43N7O3. The monoisotopic (exact) mass is 501 g/mol. The molecular weight excluding hydrogens is 458 g/mol. The summed E-state index contributed by atoms with van der Waals surface area (Å²) in [5.74, 6) is 2.41. The minimum atomic E-state index is 0.0905. The first kappa shape index (κ1) is 26.5. The highest BCUT2D eigenvalue weighted by molar-refractivity contribution is 5.78. The lowest BCUT2D eigenvalue weighted by Crippen LogP contribution is -2.60. The van der Waals surface area contributed by atoms with Crippen molar-refractivity contribution in [2.75, 3.05) is 19.6 Å². The largest absolute Gasteiger partial charge is 0.353 e. The fourth-order valence-corrected chi connectivity index (χ4v) is 6.33. The van der Waals surface area contributed by atoms with Gasteiger partial charge in [0, 0.05) is 51.0 Å². The van der Waals surface area contributed by atoms with Gasteiger partial charge in [-0.05, 0) is 73.1 Å². The molecule has 0 aliphatic carbocycles. The number of fused-ring (bicyclic) bond motifs is 4. The standard InChI is InChI=1S/C26H43N7O3/c1-17(2)22-9-8-18(3)12-26(36)32-15-20-13-21(23(32)6-5-7-24(34)27-22)16-31(14-20)25(35)10-11-33-19(4)28-29-30-33/h17-18,20-23H,5-16H2,1-4H3,(H,27,34)/t18-,20+,21-,22+,23+/m1/s1. The van der Waals surface area contributed by atoms with Gasteiger partial charge >= 0.3 is 0 Å². The highest BCUT2D eigenvalue weighted by Crippen LogP contribution is 2.36. The second-order valence-electron chi connectivity index (χ2n) is 11.7. The van der Waals surface area contributed by atoms with Crippen LogP contribution in [0.4, 0.5) is 0 Å². The molecule has 3 amide bonds. The van der Waals surface area contributed by atoms with Crippen molar-refractivity contribution in [3.8, 4) is 0 Å². The summed E-state index contributed by atoms with van der Waals surface area (Å²) < 4.78 is 1.66. The number of carbonyl (C=O) groups excluding carboxylic acids is 3. The number of hydrogen-bond donors (Lipinski definition) is 1. The quantitative estimate of drug-likeness (QED) is 0.677. The highest BCUT2D eigenvalue weighted by Gasteiger charge is 2.43.